The van der Waals surface area contributed by atoms with E-state index in [2.05, 4.69) is 17.1 Å². The van der Waals surface area contributed by atoms with Crippen LogP contribution in [0.5, 0.6) is 0 Å². The van der Waals surface area contributed by atoms with E-state index in [4.69, 9.17) is 5.11 Å². The summed E-state index contributed by atoms with van der Waals surface area (Å²) in [5.41, 5.74) is 0. The molecule has 122 valence electrons. The molecule has 5 heteroatoms. The van der Waals surface area contributed by atoms with Crippen molar-refractivity contribution < 1.29 is 14.7 Å². The lowest BCUT2D eigenvalue weighted by Gasteiger charge is -2.38. The molecule has 0 aliphatic carbocycles. The highest BCUT2D eigenvalue weighted by Gasteiger charge is 2.28. The van der Waals surface area contributed by atoms with Crippen molar-refractivity contribution in [2.24, 2.45) is 11.8 Å². The van der Waals surface area contributed by atoms with Crippen molar-refractivity contribution in [2.75, 3.05) is 19.6 Å². The van der Waals surface area contributed by atoms with Gasteiger partial charge < -0.3 is 15.3 Å². The summed E-state index contributed by atoms with van der Waals surface area (Å²) in [6.45, 7) is 8.29. The molecule has 1 rings (SSSR count). The molecule has 0 aromatic heterocycles. The molecule has 1 heterocycles. The van der Waals surface area contributed by atoms with Crippen LogP contribution in [0.15, 0.2) is 0 Å². The topological polar surface area (TPSA) is 69.6 Å². The SMILES string of the molecule is CCCCC1CC(NC(=O)C(C)C)CN(CCC(=O)O)C1. The summed E-state index contributed by atoms with van der Waals surface area (Å²) in [5, 5.41) is 12.0. The smallest absolute Gasteiger partial charge is 0.304 e. The van der Waals surface area contributed by atoms with Gasteiger partial charge in [-0.3, -0.25) is 9.59 Å². The Labute approximate surface area is 128 Å². The number of hydrogen-bond donors (Lipinski definition) is 2. The summed E-state index contributed by atoms with van der Waals surface area (Å²) in [7, 11) is 0. The van der Waals surface area contributed by atoms with E-state index in [1.54, 1.807) is 0 Å². The van der Waals surface area contributed by atoms with Gasteiger partial charge in [-0.05, 0) is 18.8 Å². The molecule has 2 unspecified atom stereocenters. The lowest BCUT2D eigenvalue weighted by atomic mass is 9.89. The number of rotatable bonds is 8. The lowest BCUT2D eigenvalue weighted by molar-refractivity contribution is -0.137. The quantitative estimate of drug-likeness (QED) is 0.720. The van der Waals surface area contributed by atoms with Gasteiger partial charge in [0, 0.05) is 31.6 Å². The van der Waals surface area contributed by atoms with Crippen LogP contribution in [0.2, 0.25) is 0 Å². The fourth-order valence-electron chi connectivity index (χ4n) is 2.91. The Bertz CT molecular complexity index is 344. The van der Waals surface area contributed by atoms with Crippen molar-refractivity contribution in [1.82, 2.24) is 10.2 Å². The average Bonchev–Trinajstić information content (AvgIpc) is 2.42. The van der Waals surface area contributed by atoms with Gasteiger partial charge >= 0.3 is 5.97 Å². The minimum absolute atomic E-state index is 0.00603. The first-order valence-corrected chi connectivity index (χ1v) is 8.16. The summed E-state index contributed by atoms with van der Waals surface area (Å²) in [6, 6.07) is 0.157. The number of carboxylic acids is 1. The molecule has 1 aliphatic rings. The number of piperidine rings is 1. The number of nitrogens with one attached hydrogen (secondary N) is 1. The molecule has 1 fully saturated rings. The maximum Gasteiger partial charge on any atom is 0.304 e. The van der Waals surface area contributed by atoms with Gasteiger partial charge in [0.2, 0.25) is 5.91 Å². The van der Waals surface area contributed by atoms with Gasteiger partial charge in [0.25, 0.3) is 0 Å². The van der Waals surface area contributed by atoms with E-state index >= 15 is 0 Å². The van der Waals surface area contributed by atoms with E-state index in [0.717, 1.165) is 25.9 Å². The van der Waals surface area contributed by atoms with Crippen LogP contribution in [0.25, 0.3) is 0 Å². The van der Waals surface area contributed by atoms with Crippen molar-refractivity contribution in [2.45, 2.75) is 58.9 Å². The van der Waals surface area contributed by atoms with Gasteiger partial charge in [0.05, 0.1) is 6.42 Å². The van der Waals surface area contributed by atoms with E-state index in [1.807, 2.05) is 13.8 Å². The molecule has 5 nitrogen and oxygen atoms in total. The van der Waals surface area contributed by atoms with Crippen LogP contribution in [0.1, 0.15) is 52.9 Å². The molecule has 0 spiro atoms. The molecule has 0 saturated carbocycles. The van der Waals surface area contributed by atoms with E-state index in [1.165, 1.54) is 12.8 Å². The largest absolute Gasteiger partial charge is 0.481 e. The van der Waals surface area contributed by atoms with Crippen LogP contribution in [0, 0.1) is 11.8 Å². The first-order valence-electron chi connectivity index (χ1n) is 8.16. The predicted molar refractivity (Wildman–Crippen MR) is 83.1 cm³/mol. The third kappa shape index (κ3) is 6.93. The Morgan fingerprint density at radius 2 is 2.05 bits per heavy atom. The van der Waals surface area contributed by atoms with E-state index in [-0.39, 0.29) is 24.3 Å². The zero-order chi connectivity index (χ0) is 15.8. The molecular formula is C16H30N2O3. The number of carbonyl (C=O) groups excluding carboxylic acids is 1. The zero-order valence-electron chi connectivity index (χ0n) is 13.6. The van der Waals surface area contributed by atoms with Gasteiger partial charge in [-0.15, -0.1) is 0 Å². The summed E-state index contributed by atoms with van der Waals surface area (Å²) in [4.78, 5) is 24.8. The maximum atomic E-state index is 11.9. The Balaban J connectivity index is 2.56. The molecule has 0 aromatic carbocycles. The molecule has 1 saturated heterocycles. The number of carbonyl (C=O) groups is 2. The first kappa shape index (κ1) is 18.0. The summed E-state index contributed by atoms with van der Waals surface area (Å²) in [5.74, 6) is -0.110. The fraction of sp³-hybridized carbons (Fsp3) is 0.875. The second-order valence-electron chi connectivity index (χ2n) is 6.51. The maximum absolute atomic E-state index is 11.9. The highest BCUT2D eigenvalue weighted by molar-refractivity contribution is 5.78. The molecule has 1 aliphatic heterocycles. The van der Waals surface area contributed by atoms with Crippen LogP contribution in [0.3, 0.4) is 0 Å². The molecule has 2 N–H and O–H groups in total. The molecule has 21 heavy (non-hydrogen) atoms. The van der Waals surface area contributed by atoms with Crippen LogP contribution >= 0.6 is 0 Å². The Hall–Kier alpha value is -1.10. The van der Waals surface area contributed by atoms with Crippen molar-refractivity contribution in [3.8, 4) is 0 Å². The Kier molecular flexibility index (Phi) is 7.72. The summed E-state index contributed by atoms with van der Waals surface area (Å²) < 4.78 is 0. The van der Waals surface area contributed by atoms with Crippen molar-refractivity contribution in [3.63, 3.8) is 0 Å². The van der Waals surface area contributed by atoms with E-state index in [0.29, 0.717) is 12.5 Å². The number of nitrogens with zero attached hydrogens (tertiary/aromatic N) is 1. The summed E-state index contributed by atoms with van der Waals surface area (Å²) >= 11 is 0. The second-order valence-corrected chi connectivity index (χ2v) is 6.51. The third-order valence-electron chi connectivity index (χ3n) is 4.09. The van der Waals surface area contributed by atoms with Crippen LogP contribution < -0.4 is 5.32 Å². The number of carboxylic acid groups (broad SMARTS) is 1. The van der Waals surface area contributed by atoms with Gasteiger partial charge in [-0.25, -0.2) is 0 Å². The first-order chi connectivity index (χ1) is 9.92. The Morgan fingerprint density at radius 1 is 1.33 bits per heavy atom. The average molecular weight is 298 g/mol. The zero-order valence-corrected chi connectivity index (χ0v) is 13.6. The van der Waals surface area contributed by atoms with Crippen LogP contribution in [-0.4, -0.2) is 47.6 Å². The molecule has 0 aromatic rings. The molecule has 2 atom stereocenters. The number of likely N-dealkylation sites (tertiary alicyclic amines) is 1. The highest BCUT2D eigenvalue weighted by Crippen LogP contribution is 2.22. The minimum Gasteiger partial charge on any atom is -0.481 e. The number of hydrogen-bond acceptors (Lipinski definition) is 3. The lowest BCUT2D eigenvalue weighted by Crippen LogP contribution is -2.51. The number of amides is 1. The summed E-state index contributed by atoms with van der Waals surface area (Å²) in [6.07, 6.45) is 4.72. The van der Waals surface area contributed by atoms with Crippen LogP contribution in [-0.2, 0) is 9.59 Å². The number of aliphatic carboxylic acids is 1. The van der Waals surface area contributed by atoms with E-state index in [9.17, 15) is 9.59 Å². The van der Waals surface area contributed by atoms with Gasteiger partial charge in [0.1, 0.15) is 0 Å². The minimum atomic E-state index is -0.756. The number of unbranched alkanes of at least 4 members (excludes halogenated alkanes) is 1. The Morgan fingerprint density at radius 3 is 2.62 bits per heavy atom. The fourth-order valence-corrected chi connectivity index (χ4v) is 2.91. The second kappa shape index (κ2) is 9.03. The van der Waals surface area contributed by atoms with Crippen molar-refractivity contribution in [3.05, 3.63) is 0 Å². The normalized spacial score (nSPS) is 23.2. The highest BCUT2D eigenvalue weighted by atomic mass is 16.4. The molecule has 1 amide bonds. The van der Waals surface area contributed by atoms with Gasteiger partial charge in [-0.1, -0.05) is 33.6 Å². The predicted octanol–water partition coefficient (Wildman–Crippen LogP) is 2.11. The van der Waals surface area contributed by atoms with Gasteiger partial charge in [-0.2, -0.15) is 0 Å². The van der Waals surface area contributed by atoms with Crippen molar-refractivity contribution >= 4 is 11.9 Å². The molecular weight excluding hydrogens is 268 g/mol. The standard InChI is InChI=1S/C16H30N2O3/c1-4-5-6-13-9-14(17-16(21)12(2)3)11-18(10-13)8-7-15(19)20/h12-14H,4-11H2,1-3H3,(H,17,21)(H,19,20). The molecule has 0 bridgehead atoms. The van der Waals surface area contributed by atoms with E-state index < -0.39 is 5.97 Å². The monoisotopic (exact) mass is 298 g/mol. The molecule has 0 radical (unpaired) electrons. The van der Waals surface area contributed by atoms with Crippen molar-refractivity contribution in [1.29, 1.82) is 0 Å². The third-order valence-corrected chi connectivity index (χ3v) is 4.09. The van der Waals surface area contributed by atoms with Gasteiger partial charge in [0.15, 0.2) is 0 Å². The van der Waals surface area contributed by atoms with Crippen LogP contribution in [0.4, 0.5) is 0 Å².